The van der Waals surface area contributed by atoms with Crippen LogP contribution < -0.4 is 10.6 Å². The van der Waals surface area contributed by atoms with Gasteiger partial charge in [-0.1, -0.05) is 48.5 Å². The zero-order valence-corrected chi connectivity index (χ0v) is 21.6. The summed E-state index contributed by atoms with van der Waals surface area (Å²) in [6.45, 7) is 9.05. The number of benzene rings is 3. The van der Waals surface area contributed by atoms with Crippen molar-refractivity contribution in [1.82, 2.24) is 20.0 Å². The van der Waals surface area contributed by atoms with Gasteiger partial charge in [-0.05, 0) is 60.4 Å². The lowest BCUT2D eigenvalue weighted by Crippen LogP contribution is -2.52. The van der Waals surface area contributed by atoms with Crippen molar-refractivity contribution in [2.24, 2.45) is 0 Å². The number of imide groups is 1. The highest BCUT2D eigenvalue weighted by Gasteiger charge is 2.49. The molecule has 37 heavy (non-hydrogen) atoms. The number of fused-ring (bicyclic) bond motifs is 1. The number of rotatable bonds is 6. The number of anilines is 1. The van der Waals surface area contributed by atoms with E-state index in [1.165, 1.54) is 4.90 Å². The molecule has 2 fully saturated rings. The fraction of sp³-hybridized carbons (Fsp3) is 0.345. The number of carbonyl (C=O) groups excluding carboxylic acids is 3. The second kappa shape index (κ2) is 9.95. The molecule has 2 heterocycles. The summed E-state index contributed by atoms with van der Waals surface area (Å²) in [5.41, 5.74) is 2.73. The van der Waals surface area contributed by atoms with Gasteiger partial charge in [-0.2, -0.15) is 0 Å². The van der Waals surface area contributed by atoms with Crippen molar-refractivity contribution in [3.63, 3.8) is 0 Å². The number of nitrogens with zero attached hydrogens (tertiary/aromatic N) is 3. The number of aryl methyl sites for hydroxylation is 1. The molecule has 1 unspecified atom stereocenters. The molecule has 0 saturated carbocycles. The van der Waals surface area contributed by atoms with Crippen LogP contribution in [0.4, 0.5) is 10.5 Å². The Kier molecular flexibility index (Phi) is 6.70. The maximum Gasteiger partial charge on any atom is 0.326 e. The molecular formula is C29H33N5O3. The molecule has 0 radical (unpaired) electrons. The Morgan fingerprint density at radius 3 is 2.38 bits per heavy atom. The maximum atomic E-state index is 13.4. The van der Waals surface area contributed by atoms with E-state index in [9.17, 15) is 14.4 Å². The number of amides is 4. The first-order chi connectivity index (χ1) is 17.7. The number of piperazine rings is 1. The fourth-order valence-electron chi connectivity index (χ4n) is 5.09. The molecule has 2 N–H and O–H groups in total. The van der Waals surface area contributed by atoms with E-state index < -0.39 is 5.54 Å². The van der Waals surface area contributed by atoms with E-state index in [2.05, 4.69) is 20.4 Å². The monoisotopic (exact) mass is 499 g/mol. The smallest absolute Gasteiger partial charge is 0.325 e. The third kappa shape index (κ3) is 4.95. The molecule has 0 spiro atoms. The summed E-state index contributed by atoms with van der Waals surface area (Å²) < 4.78 is 0. The first kappa shape index (κ1) is 24.9. The van der Waals surface area contributed by atoms with Crippen molar-refractivity contribution in [2.45, 2.75) is 26.3 Å². The summed E-state index contributed by atoms with van der Waals surface area (Å²) in [6, 6.07) is 19.3. The zero-order chi connectivity index (χ0) is 26.2. The Morgan fingerprint density at radius 1 is 0.919 bits per heavy atom. The minimum absolute atomic E-state index is 0.0394. The Labute approximate surface area is 217 Å². The molecular weight excluding hydrogens is 466 g/mol. The topological polar surface area (TPSA) is 85.0 Å². The largest absolute Gasteiger partial charge is 0.326 e. The molecule has 5 rings (SSSR count). The average molecular weight is 500 g/mol. The molecule has 192 valence electrons. The Bertz CT molecular complexity index is 1360. The number of nitrogens with one attached hydrogen (secondary N) is 2. The lowest BCUT2D eigenvalue weighted by Gasteiger charge is -2.35. The number of urea groups is 1. The number of hydrogen-bond donors (Lipinski definition) is 2. The molecule has 8 heteroatoms. The van der Waals surface area contributed by atoms with Crippen molar-refractivity contribution in [1.29, 1.82) is 0 Å². The van der Waals surface area contributed by atoms with E-state index in [0.29, 0.717) is 32.7 Å². The fourth-order valence-corrected chi connectivity index (χ4v) is 5.09. The molecule has 2 saturated heterocycles. The lowest BCUT2D eigenvalue weighted by molar-refractivity contribution is -0.132. The molecule has 0 bridgehead atoms. The Morgan fingerprint density at radius 2 is 1.62 bits per heavy atom. The van der Waals surface area contributed by atoms with Crippen LogP contribution in [0.5, 0.6) is 0 Å². The normalized spacial score (nSPS) is 20.9. The average Bonchev–Trinajstić information content (AvgIpc) is 3.11. The van der Waals surface area contributed by atoms with E-state index in [-0.39, 0.29) is 24.5 Å². The van der Waals surface area contributed by atoms with Crippen LogP contribution in [0.3, 0.4) is 0 Å². The van der Waals surface area contributed by atoms with Crippen LogP contribution in [0.15, 0.2) is 60.7 Å². The summed E-state index contributed by atoms with van der Waals surface area (Å²) >= 11 is 0. The van der Waals surface area contributed by atoms with Crippen LogP contribution in [-0.2, 0) is 15.1 Å². The van der Waals surface area contributed by atoms with E-state index in [1.54, 1.807) is 6.92 Å². The van der Waals surface area contributed by atoms with Gasteiger partial charge in [-0.15, -0.1) is 0 Å². The molecule has 8 nitrogen and oxygen atoms in total. The van der Waals surface area contributed by atoms with Gasteiger partial charge in [0.15, 0.2) is 0 Å². The molecule has 1 atom stereocenters. The first-order valence-corrected chi connectivity index (χ1v) is 12.7. The van der Waals surface area contributed by atoms with Gasteiger partial charge >= 0.3 is 6.03 Å². The van der Waals surface area contributed by atoms with Crippen molar-refractivity contribution < 1.29 is 14.4 Å². The summed E-state index contributed by atoms with van der Waals surface area (Å²) in [5.74, 6) is -0.287. The van der Waals surface area contributed by atoms with E-state index >= 15 is 0 Å². The van der Waals surface area contributed by atoms with Gasteiger partial charge in [0.05, 0.1) is 13.2 Å². The van der Waals surface area contributed by atoms with Crippen LogP contribution in [0.2, 0.25) is 0 Å². The van der Waals surface area contributed by atoms with Crippen LogP contribution >= 0.6 is 0 Å². The highest BCUT2D eigenvalue weighted by atomic mass is 16.2. The molecule has 3 aromatic carbocycles. The molecule has 2 aliphatic rings. The van der Waals surface area contributed by atoms with Crippen molar-refractivity contribution >= 4 is 34.3 Å². The van der Waals surface area contributed by atoms with Gasteiger partial charge in [-0.3, -0.25) is 19.4 Å². The summed E-state index contributed by atoms with van der Waals surface area (Å²) in [7, 11) is 0. The van der Waals surface area contributed by atoms with Crippen LogP contribution in [0.25, 0.3) is 10.8 Å². The standard InChI is InChI=1S/C29H33N5O3/c1-20-7-6-10-25(21(20)2)30-26(35)18-32-13-15-33(16-14-32)19-34-27(36)29(3,31-28(34)37)24-12-11-22-8-4-5-9-23(22)17-24/h4-12,17H,13-16,18-19H2,1-3H3,(H,30,35)(H,31,37). The van der Waals surface area contributed by atoms with Crippen LogP contribution in [0.1, 0.15) is 23.6 Å². The number of hydrogen-bond acceptors (Lipinski definition) is 5. The number of carbonyl (C=O) groups is 3. The third-order valence-electron chi connectivity index (χ3n) is 7.65. The highest BCUT2D eigenvalue weighted by molar-refractivity contribution is 6.07. The van der Waals surface area contributed by atoms with Crippen molar-refractivity contribution in [2.75, 3.05) is 44.7 Å². The van der Waals surface area contributed by atoms with E-state index in [4.69, 9.17) is 0 Å². The second-order valence-corrected chi connectivity index (χ2v) is 10.2. The van der Waals surface area contributed by atoms with Gasteiger partial charge in [-0.25, -0.2) is 9.69 Å². The van der Waals surface area contributed by atoms with Gasteiger partial charge in [0.25, 0.3) is 5.91 Å². The molecule has 4 amide bonds. The lowest BCUT2D eigenvalue weighted by atomic mass is 9.90. The Hall–Kier alpha value is -3.75. The van der Waals surface area contributed by atoms with Crippen molar-refractivity contribution in [3.8, 4) is 0 Å². The minimum Gasteiger partial charge on any atom is -0.325 e. The second-order valence-electron chi connectivity index (χ2n) is 10.2. The third-order valence-corrected chi connectivity index (χ3v) is 7.65. The van der Waals surface area contributed by atoms with Crippen LogP contribution in [0, 0.1) is 13.8 Å². The quantitative estimate of drug-likeness (QED) is 0.508. The predicted molar refractivity (Wildman–Crippen MR) is 144 cm³/mol. The summed E-state index contributed by atoms with van der Waals surface area (Å²) in [4.78, 5) is 44.4. The molecule has 2 aliphatic heterocycles. The van der Waals surface area contributed by atoms with Gasteiger partial charge in [0.1, 0.15) is 5.54 Å². The molecule has 0 aliphatic carbocycles. The van der Waals surface area contributed by atoms with Gasteiger partial charge in [0.2, 0.25) is 5.91 Å². The summed E-state index contributed by atoms with van der Waals surface area (Å²) in [5, 5.41) is 8.04. The summed E-state index contributed by atoms with van der Waals surface area (Å²) in [6.07, 6.45) is 0. The molecule has 0 aromatic heterocycles. The SMILES string of the molecule is Cc1cccc(NC(=O)CN2CCN(CN3C(=O)NC(C)(c4ccc5ccccc5c4)C3=O)CC2)c1C. The predicted octanol–water partition coefficient (Wildman–Crippen LogP) is 3.44. The van der Waals surface area contributed by atoms with Crippen molar-refractivity contribution in [3.05, 3.63) is 77.4 Å². The molecule has 3 aromatic rings. The minimum atomic E-state index is -1.10. The zero-order valence-electron chi connectivity index (χ0n) is 21.6. The van der Waals surface area contributed by atoms with E-state index in [0.717, 1.165) is 33.2 Å². The first-order valence-electron chi connectivity index (χ1n) is 12.7. The Balaban J connectivity index is 1.17. The maximum absolute atomic E-state index is 13.4. The van der Waals surface area contributed by atoms with Gasteiger partial charge < -0.3 is 10.6 Å². The van der Waals surface area contributed by atoms with Gasteiger partial charge in [0, 0.05) is 31.9 Å². The van der Waals surface area contributed by atoms with Crippen LogP contribution in [-0.4, -0.2) is 71.9 Å². The highest BCUT2D eigenvalue weighted by Crippen LogP contribution is 2.31. The van der Waals surface area contributed by atoms with E-state index in [1.807, 2.05) is 74.5 Å².